The van der Waals surface area contributed by atoms with Gasteiger partial charge < -0.3 is 4.90 Å². The lowest BCUT2D eigenvalue weighted by atomic mass is 10.2. The van der Waals surface area contributed by atoms with E-state index in [4.69, 9.17) is 0 Å². The van der Waals surface area contributed by atoms with Crippen LogP contribution in [0.3, 0.4) is 0 Å². The Balaban J connectivity index is 2.20. The van der Waals surface area contributed by atoms with Crippen molar-refractivity contribution in [2.45, 2.75) is 13.0 Å². The maximum atomic E-state index is 4.20. The lowest BCUT2D eigenvalue weighted by Gasteiger charge is -2.34. The number of nitrogens with zero attached hydrogens (tertiary/aromatic N) is 2. The minimum Gasteiger partial charge on any atom is -0.366 e. The maximum Gasteiger partial charge on any atom is 0.0567 e. The third-order valence-electron chi connectivity index (χ3n) is 2.39. The molecular formula is C10H13BrN2S. The number of thioether (sulfide) groups is 1. The highest BCUT2D eigenvalue weighted by atomic mass is 79.9. The molecule has 76 valence electrons. The molecule has 0 bridgehead atoms. The van der Waals surface area contributed by atoms with Crippen molar-refractivity contribution >= 4 is 33.4 Å². The minimum absolute atomic E-state index is 0.616. The van der Waals surface area contributed by atoms with Crippen molar-refractivity contribution in [2.75, 3.05) is 23.0 Å². The van der Waals surface area contributed by atoms with Crippen LogP contribution < -0.4 is 4.90 Å². The van der Waals surface area contributed by atoms with Gasteiger partial charge in [-0.3, -0.25) is 4.98 Å². The van der Waals surface area contributed by atoms with Crippen molar-refractivity contribution in [3.8, 4) is 0 Å². The fourth-order valence-electron chi connectivity index (χ4n) is 1.67. The number of pyridine rings is 1. The Kier molecular flexibility index (Phi) is 3.34. The van der Waals surface area contributed by atoms with Gasteiger partial charge in [0.25, 0.3) is 0 Å². The molecule has 0 aromatic carbocycles. The Labute approximate surface area is 97.2 Å². The van der Waals surface area contributed by atoms with E-state index < -0.39 is 0 Å². The van der Waals surface area contributed by atoms with Gasteiger partial charge in [0.2, 0.25) is 0 Å². The lowest BCUT2D eigenvalue weighted by molar-refractivity contribution is 0.698. The molecule has 1 aliphatic heterocycles. The Morgan fingerprint density at radius 3 is 3.14 bits per heavy atom. The van der Waals surface area contributed by atoms with E-state index in [9.17, 15) is 0 Å². The molecule has 1 fully saturated rings. The van der Waals surface area contributed by atoms with Crippen molar-refractivity contribution in [2.24, 2.45) is 0 Å². The van der Waals surface area contributed by atoms with Crippen LogP contribution in [0.5, 0.6) is 0 Å². The molecule has 0 spiro atoms. The van der Waals surface area contributed by atoms with Crippen molar-refractivity contribution < 1.29 is 0 Å². The molecule has 1 aliphatic rings. The summed E-state index contributed by atoms with van der Waals surface area (Å²) in [7, 11) is 0. The average molecular weight is 273 g/mol. The Bertz CT molecular complexity index is 319. The molecule has 14 heavy (non-hydrogen) atoms. The predicted octanol–water partition coefficient (Wildman–Crippen LogP) is 2.79. The zero-order chi connectivity index (χ0) is 9.97. The van der Waals surface area contributed by atoms with Gasteiger partial charge in [-0.1, -0.05) is 0 Å². The Hall–Kier alpha value is -0.220. The first kappa shape index (κ1) is 10.3. The van der Waals surface area contributed by atoms with Crippen LogP contribution in [0.1, 0.15) is 6.92 Å². The third-order valence-corrected chi connectivity index (χ3v) is 4.01. The number of rotatable bonds is 1. The third kappa shape index (κ3) is 2.23. The fourth-order valence-corrected chi connectivity index (χ4v) is 3.03. The second kappa shape index (κ2) is 4.53. The molecule has 0 aliphatic carbocycles. The molecule has 0 N–H and O–H groups in total. The number of aromatic nitrogens is 1. The topological polar surface area (TPSA) is 16.1 Å². The van der Waals surface area contributed by atoms with Crippen LogP contribution in [-0.4, -0.2) is 29.1 Å². The van der Waals surface area contributed by atoms with Gasteiger partial charge in [-0.2, -0.15) is 11.8 Å². The molecule has 0 saturated carbocycles. The van der Waals surface area contributed by atoms with Crippen LogP contribution in [0, 0.1) is 0 Å². The summed E-state index contributed by atoms with van der Waals surface area (Å²) in [4.78, 5) is 6.62. The zero-order valence-corrected chi connectivity index (χ0v) is 10.5. The highest BCUT2D eigenvalue weighted by molar-refractivity contribution is 9.10. The largest absolute Gasteiger partial charge is 0.366 e. The molecule has 1 unspecified atom stereocenters. The van der Waals surface area contributed by atoms with E-state index in [1.807, 2.05) is 24.2 Å². The molecule has 1 atom stereocenters. The average Bonchev–Trinajstić information content (AvgIpc) is 2.18. The molecule has 2 nitrogen and oxygen atoms in total. The van der Waals surface area contributed by atoms with Crippen molar-refractivity contribution in [3.63, 3.8) is 0 Å². The van der Waals surface area contributed by atoms with Crippen molar-refractivity contribution in [3.05, 3.63) is 22.9 Å². The predicted molar refractivity (Wildman–Crippen MR) is 66.1 cm³/mol. The van der Waals surface area contributed by atoms with E-state index in [2.05, 4.69) is 38.8 Å². The highest BCUT2D eigenvalue weighted by Gasteiger charge is 2.18. The van der Waals surface area contributed by atoms with Crippen LogP contribution >= 0.6 is 27.7 Å². The molecule has 2 rings (SSSR count). The first-order valence-corrected chi connectivity index (χ1v) is 6.67. The normalized spacial score (nSPS) is 22.4. The van der Waals surface area contributed by atoms with E-state index in [0.717, 1.165) is 11.0 Å². The minimum atomic E-state index is 0.616. The van der Waals surface area contributed by atoms with E-state index >= 15 is 0 Å². The van der Waals surface area contributed by atoms with E-state index in [0.29, 0.717) is 6.04 Å². The van der Waals surface area contributed by atoms with Crippen molar-refractivity contribution in [1.82, 2.24) is 4.98 Å². The molecule has 1 aromatic rings. The number of halogens is 1. The van der Waals surface area contributed by atoms with Gasteiger partial charge in [-0.15, -0.1) is 0 Å². The van der Waals surface area contributed by atoms with Gasteiger partial charge in [0, 0.05) is 34.8 Å². The van der Waals surface area contributed by atoms with Gasteiger partial charge in [-0.05, 0) is 28.9 Å². The van der Waals surface area contributed by atoms with Crippen LogP contribution in [0.15, 0.2) is 22.9 Å². The van der Waals surface area contributed by atoms with E-state index in [1.54, 1.807) is 0 Å². The molecule has 0 radical (unpaired) electrons. The molecule has 0 amide bonds. The zero-order valence-electron chi connectivity index (χ0n) is 8.11. The summed E-state index contributed by atoms with van der Waals surface area (Å²) in [5.41, 5.74) is 1.23. The van der Waals surface area contributed by atoms with Gasteiger partial charge in [0.1, 0.15) is 0 Å². The van der Waals surface area contributed by atoms with Crippen LogP contribution in [0.4, 0.5) is 5.69 Å². The van der Waals surface area contributed by atoms with Gasteiger partial charge in [0.15, 0.2) is 0 Å². The number of hydrogen-bond donors (Lipinski definition) is 0. The molecule has 1 aromatic heterocycles. The number of hydrogen-bond acceptors (Lipinski definition) is 3. The SMILES string of the molecule is CC1CSCCN1c1cncc(Br)c1. The van der Waals surface area contributed by atoms with E-state index in [-0.39, 0.29) is 0 Å². The molecular weight excluding hydrogens is 260 g/mol. The van der Waals surface area contributed by atoms with E-state index in [1.165, 1.54) is 17.2 Å². The summed E-state index contributed by atoms with van der Waals surface area (Å²) < 4.78 is 1.06. The first-order valence-electron chi connectivity index (χ1n) is 4.72. The molecule has 1 saturated heterocycles. The highest BCUT2D eigenvalue weighted by Crippen LogP contribution is 2.25. The second-order valence-electron chi connectivity index (χ2n) is 3.48. The summed E-state index contributed by atoms with van der Waals surface area (Å²) >= 11 is 5.49. The molecule has 2 heterocycles. The monoisotopic (exact) mass is 272 g/mol. The van der Waals surface area contributed by atoms with Gasteiger partial charge >= 0.3 is 0 Å². The Morgan fingerprint density at radius 2 is 2.43 bits per heavy atom. The van der Waals surface area contributed by atoms with Crippen molar-refractivity contribution in [1.29, 1.82) is 0 Å². The molecule has 4 heteroatoms. The standard InChI is InChI=1S/C10H13BrN2S/c1-8-7-14-3-2-13(8)10-4-9(11)5-12-6-10/h4-6,8H,2-3,7H2,1H3. The van der Waals surface area contributed by atoms with Crippen LogP contribution in [0.2, 0.25) is 0 Å². The van der Waals surface area contributed by atoms with Crippen LogP contribution in [0.25, 0.3) is 0 Å². The summed E-state index contributed by atoms with van der Waals surface area (Å²) in [5.74, 6) is 2.43. The second-order valence-corrected chi connectivity index (χ2v) is 5.54. The number of anilines is 1. The quantitative estimate of drug-likeness (QED) is 0.782. The van der Waals surface area contributed by atoms with Gasteiger partial charge in [0.05, 0.1) is 11.9 Å². The van der Waals surface area contributed by atoms with Gasteiger partial charge in [-0.25, -0.2) is 0 Å². The first-order chi connectivity index (χ1) is 6.77. The Morgan fingerprint density at radius 1 is 1.57 bits per heavy atom. The summed E-state index contributed by atoms with van der Waals surface area (Å²) in [5, 5.41) is 0. The summed E-state index contributed by atoms with van der Waals surface area (Å²) in [6, 6.07) is 2.75. The fraction of sp³-hybridized carbons (Fsp3) is 0.500. The lowest BCUT2D eigenvalue weighted by Crippen LogP contribution is -2.40. The maximum absolute atomic E-state index is 4.20. The summed E-state index contributed by atoms with van der Waals surface area (Å²) in [6.07, 6.45) is 3.77. The summed E-state index contributed by atoms with van der Waals surface area (Å²) in [6.45, 7) is 3.40. The van der Waals surface area contributed by atoms with Crippen LogP contribution in [-0.2, 0) is 0 Å². The smallest absolute Gasteiger partial charge is 0.0567 e.